The standard InChI is InChI=1S/C16H23ClN2O4S/c1-23-15-9-8-12(17)10-14(15)19(24(2,21)22)11-16(20)18-13-6-4-3-5-7-13/h8-10,13H,3-7,11H2,1-2H3,(H,18,20). The molecular formula is C16H23ClN2O4S. The first kappa shape index (κ1) is 18.9. The molecule has 134 valence electrons. The van der Waals surface area contributed by atoms with Crippen LogP contribution in [0.15, 0.2) is 18.2 Å². The van der Waals surface area contributed by atoms with Gasteiger partial charge in [-0.15, -0.1) is 0 Å². The lowest BCUT2D eigenvalue weighted by molar-refractivity contribution is -0.120. The van der Waals surface area contributed by atoms with Gasteiger partial charge in [-0.1, -0.05) is 30.9 Å². The molecule has 0 radical (unpaired) electrons. The number of benzene rings is 1. The summed E-state index contributed by atoms with van der Waals surface area (Å²) >= 11 is 5.98. The minimum absolute atomic E-state index is 0.119. The molecule has 0 spiro atoms. The van der Waals surface area contributed by atoms with Gasteiger partial charge in [0, 0.05) is 11.1 Å². The summed E-state index contributed by atoms with van der Waals surface area (Å²) in [6, 6.07) is 4.78. The number of methoxy groups -OCH3 is 1. The van der Waals surface area contributed by atoms with Crippen LogP contribution >= 0.6 is 11.6 Å². The minimum atomic E-state index is -3.67. The van der Waals surface area contributed by atoms with Crippen LogP contribution in [-0.2, 0) is 14.8 Å². The maximum absolute atomic E-state index is 12.3. The Balaban J connectivity index is 2.20. The Hall–Kier alpha value is -1.47. The molecule has 0 saturated heterocycles. The van der Waals surface area contributed by atoms with Gasteiger partial charge in [-0.2, -0.15) is 0 Å². The zero-order valence-electron chi connectivity index (χ0n) is 13.9. The molecule has 1 aliphatic rings. The molecular weight excluding hydrogens is 352 g/mol. The fraction of sp³-hybridized carbons (Fsp3) is 0.562. The van der Waals surface area contributed by atoms with Crippen LogP contribution in [0, 0.1) is 0 Å². The number of amides is 1. The Morgan fingerprint density at radius 3 is 2.58 bits per heavy atom. The number of halogens is 1. The maximum Gasteiger partial charge on any atom is 0.240 e. The van der Waals surface area contributed by atoms with Crippen LogP contribution in [0.25, 0.3) is 0 Å². The molecule has 1 aliphatic carbocycles. The van der Waals surface area contributed by atoms with Gasteiger partial charge in [0.05, 0.1) is 19.1 Å². The molecule has 1 aromatic carbocycles. The average molecular weight is 375 g/mol. The van der Waals surface area contributed by atoms with Crippen LogP contribution in [0.1, 0.15) is 32.1 Å². The quantitative estimate of drug-likeness (QED) is 0.830. The van der Waals surface area contributed by atoms with Gasteiger partial charge < -0.3 is 10.1 Å². The Morgan fingerprint density at radius 1 is 1.33 bits per heavy atom. The van der Waals surface area contributed by atoms with E-state index < -0.39 is 10.0 Å². The first-order chi connectivity index (χ1) is 11.3. The maximum atomic E-state index is 12.3. The van der Waals surface area contributed by atoms with Gasteiger partial charge in [-0.3, -0.25) is 9.10 Å². The molecule has 1 N–H and O–H groups in total. The van der Waals surface area contributed by atoms with Crippen molar-refractivity contribution in [2.24, 2.45) is 0 Å². The monoisotopic (exact) mass is 374 g/mol. The molecule has 8 heteroatoms. The Kier molecular flexibility index (Phi) is 6.34. The van der Waals surface area contributed by atoms with Crippen LogP contribution < -0.4 is 14.4 Å². The molecule has 1 fully saturated rings. The highest BCUT2D eigenvalue weighted by Crippen LogP contribution is 2.32. The molecule has 0 heterocycles. The molecule has 6 nitrogen and oxygen atoms in total. The number of hydrogen-bond acceptors (Lipinski definition) is 4. The van der Waals surface area contributed by atoms with E-state index in [0.717, 1.165) is 36.2 Å². The lowest BCUT2D eigenvalue weighted by atomic mass is 9.95. The third-order valence-electron chi connectivity index (χ3n) is 4.07. The molecule has 1 amide bonds. The lowest BCUT2D eigenvalue weighted by Crippen LogP contribution is -2.44. The number of sulfonamides is 1. The van der Waals surface area contributed by atoms with Crippen LogP contribution in [0.2, 0.25) is 5.02 Å². The van der Waals surface area contributed by atoms with Crippen molar-refractivity contribution in [3.05, 3.63) is 23.2 Å². The SMILES string of the molecule is COc1ccc(Cl)cc1N(CC(=O)NC1CCCCC1)S(C)(=O)=O. The van der Waals surface area contributed by atoms with Gasteiger partial charge in [-0.25, -0.2) is 8.42 Å². The van der Waals surface area contributed by atoms with E-state index in [0.29, 0.717) is 10.8 Å². The van der Waals surface area contributed by atoms with E-state index in [4.69, 9.17) is 16.3 Å². The molecule has 0 atom stereocenters. The van der Waals surface area contributed by atoms with Crippen LogP contribution in [0.3, 0.4) is 0 Å². The first-order valence-electron chi connectivity index (χ1n) is 7.92. The van der Waals surface area contributed by atoms with E-state index in [1.165, 1.54) is 19.6 Å². The number of hydrogen-bond donors (Lipinski definition) is 1. The van der Waals surface area contributed by atoms with Gasteiger partial charge in [-0.05, 0) is 31.0 Å². The van der Waals surface area contributed by atoms with E-state index in [9.17, 15) is 13.2 Å². The summed E-state index contributed by atoms with van der Waals surface area (Å²) in [4.78, 5) is 12.3. The predicted octanol–water partition coefficient (Wildman–Crippen LogP) is 2.56. The summed E-state index contributed by atoms with van der Waals surface area (Å²) in [6.07, 6.45) is 6.28. The van der Waals surface area contributed by atoms with E-state index in [-0.39, 0.29) is 24.2 Å². The van der Waals surface area contributed by atoms with E-state index in [2.05, 4.69) is 5.32 Å². The smallest absolute Gasteiger partial charge is 0.240 e. The fourth-order valence-electron chi connectivity index (χ4n) is 2.89. The van der Waals surface area contributed by atoms with Crippen molar-refractivity contribution in [1.82, 2.24) is 5.32 Å². The van der Waals surface area contributed by atoms with Crippen molar-refractivity contribution in [2.45, 2.75) is 38.1 Å². The second kappa shape index (κ2) is 8.07. The summed E-state index contributed by atoms with van der Waals surface area (Å²) < 4.78 is 30.6. The lowest BCUT2D eigenvalue weighted by Gasteiger charge is -2.27. The summed E-state index contributed by atoms with van der Waals surface area (Å²) in [6.45, 7) is -0.300. The molecule has 1 saturated carbocycles. The minimum Gasteiger partial charge on any atom is -0.495 e. The summed E-state index contributed by atoms with van der Waals surface area (Å²) in [5, 5.41) is 3.29. The average Bonchev–Trinajstić information content (AvgIpc) is 2.52. The highest BCUT2D eigenvalue weighted by molar-refractivity contribution is 7.92. The first-order valence-corrected chi connectivity index (χ1v) is 10.1. The number of nitrogens with zero attached hydrogens (tertiary/aromatic N) is 1. The third-order valence-corrected chi connectivity index (χ3v) is 5.43. The number of ether oxygens (including phenoxy) is 1. The number of anilines is 1. The van der Waals surface area contributed by atoms with Gasteiger partial charge in [0.15, 0.2) is 0 Å². The van der Waals surface area contributed by atoms with Gasteiger partial charge >= 0.3 is 0 Å². The van der Waals surface area contributed by atoms with E-state index >= 15 is 0 Å². The molecule has 0 unspecified atom stereocenters. The second-order valence-corrected chi connectivity index (χ2v) is 8.33. The fourth-order valence-corrected chi connectivity index (χ4v) is 3.91. The Bertz CT molecular complexity index is 687. The number of carbonyl (C=O) groups is 1. The third kappa shape index (κ3) is 5.01. The van der Waals surface area contributed by atoms with Crippen molar-refractivity contribution in [1.29, 1.82) is 0 Å². The normalized spacial score (nSPS) is 15.8. The Morgan fingerprint density at radius 2 is 2.00 bits per heavy atom. The van der Waals surface area contributed by atoms with Gasteiger partial charge in [0.25, 0.3) is 0 Å². The number of rotatable bonds is 6. The van der Waals surface area contributed by atoms with Crippen LogP contribution in [-0.4, -0.2) is 40.3 Å². The van der Waals surface area contributed by atoms with Crippen molar-refractivity contribution >= 4 is 33.2 Å². The van der Waals surface area contributed by atoms with Crippen LogP contribution in [0.4, 0.5) is 5.69 Å². The molecule has 24 heavy (non-hydrogen) atoms. The van der Waals surface area contributed by atoms with Crippen molar-refractivity contribution < 1.29 is 17.9 Å². The van der Waals surface area contributed by atoms with Crippen molar-refractivity contribution in [2.75, 3.05) is 24.2 Å². The van der Waals surface area contributed by atoms with Crippen LogP contribution in [0.5, 0.6) is 5.75 Å². The van der Waals surface area contributed by atoms with Gasteiger partial charge in [0.1, 0.15) is 12.3 Å². The molecule has 2 rings (SSSR count). The number of carbonyl (C=O) groups excluding carboxylic acids is 1. The molecule has 1 aromatic rings. The number of nitrogens with one attached hydrogen (secondary N) is 1. The van der Waals surface area contributed by atoms with E-state index in [1.54, 1.807) is 12.1 Å². The topological polar surface area (TPSA) is 75.7 Å². The zero-order valence-corrected chi connectivity index (χ0v) is 15.5. The molecule has 0 aromatic heterocycles. The highest BCUT2D eigenvalue weighted by atomic mass is 35.5. The van der Waals surface area contributed by atoms with Crippen molar-refractivity contribution in [3.8, 4) is 5.75 Å². The summed E-state index contributed by atoms with van der Waals surface area (Å²) in [5.74, 6) is 0.0182. The van der Waals surface area contributed by atoms with E-state index in [1.807, 2.05) is 0 Å². The summed E-state index contributed by atoms with van der Waals surface area (Å²) in [7, 11) is -2.23. The summed E-state index contributed by atoms with van der Waals surface area (Å²) in [5.41, 5.74) is 0.256. The predicted molar refractivity (Wildman–Crippen MR) is 95.2 cm³/mol. The zero-order chi connectivity index (χ0) is 17.7. The second-order valence-electron chi connectivity index (χ2n) is 5.99. The highest BCUT2D eigenvalue weighted by Gasteiger charge is 2.25. The molecule has 0 bridgehead atoms. The molecule has 0 aliphatic heterocycles. The van der Waals surface area contributed by atoms with Crippen molar-refractivity contribution in [3.63, 3.8) is 0 Å². The Labute approximate surface area is 148 Å². The largest absolute Gasteiger partial charge is 0.495 e. The van der Waals surface area contributed by atoms with Gasteiger partial charge in [0.2, 0.25) is 15.9 Å².